The standard InChI is InChI=1S/C25H37FN4O8S/c1-14(2)11-28(22(33)37-24(3,4)5)12-15-9-16-17(30(15)23(34)38-25(6,7)8)10-18(31)21(20(16)26)29-13-19(32)27-39(29,35)36/h10,14-15,31H,9,11-13H2,1-8H3,(H,27,32)/t15-/m1/s1. The van der Waals surface area contributed by atoms with Gasteiger partial charge in [0.05, 0.1) is 11.7 Å². The van der Waals surface area contributed by atoms with Gasteiger partial charge in [-0.2, -0.15) is 8.42 Å². The van der Waals surface area contributed by atoms with Crippen molar-refractivity contribution in [1.82, 2.24) is 9.62 Å². The van der Waals surface area contributed by atoms with Crippen LogP contribution in [0.5, 0.6) is 5.75 Å². The molecule has 12 nitrogen and oxygen atoms in total. The van der Waals surface area contributed by atoms with Gasteiger partial charge in [0.2, 0.25) is 0 Å². The fourth-order valence-corrected chi connectivity index (χ4v) is 5.58. The van der Waals surface area contributed by atoms with E-state index >= 15 is 4.39 Å². The minimum atomic E-state index is -4.42. The number of phenols is 1. The molecule has 0 unspecified atom stereocenters. The quantitative estimate of drug-likeness (QED) is 0.547. The lowest BCUT2D eigenvalue weighted by molar-refractivity contribution is -0.117. The van der Waals surface area contributed by atoms with E-state index in [1.165, 1.54) is 4.90 Å². The zero-order valence-electron chi connectivity index (χ0n) is 23.5. The van der Waals surface area contributed by atoms with Gasteiger partial charge in [0.15, 0.2) is 5.82 Å². The Balaban J connectivity index is 2.08. The molecule has 0 radical (unpaired) electrons. The number of ether oxygens (including phenoxy) is 2. The summed E-state index contributed by atoms with van der Waals surface area (Å²) in [6.07, 6.45) is -1.58. The molecule has 218 valence electrons. The first-order valence-corrected chi connectivity index (χ1v) is 14.0. The number of fused-ring (bicyclic) bond motifs is 1. The summed E-state index contributed by atoms with van der Waals surface area (Å²) in [5.41, 5.74) is -2.50. The minimum Gasteiger partial charge on any atom is -0.506 e. The SMILES string of the molecule is CC(C)CN(C[C@H]1Cc2c(cc(O)c(N3CC(=O)NS3(=O)=O)c2F)N1C(=O)OC(C)(C)C)C(=O)OC(C)(C)C. The highest BCUT2D eigenvalue weighted by Gasteiger charge is 2.44. The molecule has 1 fully saturated rings. The maximum atomic E-state index is 15.9. The first-order chi connectivity index (χ1) is 17.7. The molecule has 0 spiro atoms. The van der Waals surface area contributed by atoms with Crippen LogP contribution >= 0.6 is 0 Å². The molecule has 0 aliphatic carbocycles. The number of halogens is 1. The average molecular weight is 573 g/mol. The maximum Gasteiger partial charge on any atom is 0.415 e. The number of benzene rings is 1. The molecule has 2 aliphatic heterocycles. The lowest BCUT2D eigenvalue weighted by Crippen LogP contribution is -2.50. The number of nitrogens with one attached hydrogen (secondary N) is 1. The Labute approximate surface area is 228 Å². The van der Waals surface area contributed by atoms with Gasteiger partial charge >= 0.3 is 22.4 Å². The molecule has 3 rings (SSSR count). The summed E-state index contributed by atoms with van der Waals surface area (Å²) < 4.78 is 54.0. The van der Waals surface area contributed by atoms with E-state index in [4.69, 9.17) is 9.47 Å². The monoisotopic (exact) mass is 572 g/mol. The highest BCUT2D eigenvalue weighted by atomic mass is 32.2. The maximum absolute atomic E-state index is 15.9. The van der Waals surface area contributed by atoms with Gasteiger partial charge in [-0.05, 0) is 47.5 Å². The fourth-order valence-electron chi connectivity index (χ4n) is 4.42. The third-order valence-electron chi connectivity index (χ3n) is 5.69. The highest BCUT2D eigenvalue weighted by Crippen LogP contribution is 2.45. The molecule has 0 bridgehead atoms. The number of carbonyl (C=O) groups excluding carboxylic acids is 3. The molecule has 2 heterocycles. The number of hydrogen-bond acceptors (Lipinski definition) is 8. The number of carbonyl (C=O) groups is 3. The van der Waals surface area contributed by atoms with E-state index in [9.17, 15) is 27.9 Å². The van der Waals surface area contributed by atoms with Crippen LogP contribution in [-0.4, -0.2) is 73.4 Å². The van der Waals surface area contributed by atoms with Crippen LogP contribution in [-0.2, 0) is 30.9 Å². The Morgan fingerprint density at radius 2 is 1.77 bits per heavy atom. The van der Waals surface area contributed by atoms with Gasteiger partial charge < -0.3 is 19.5 Å². The summed E-state index contributed by atoms with van der Waals surface area (Å²) in [6.45, 7) is 13.5. The smallest absolute Gasteiger partial charge is 0.415 e. The van der Waals surface area contributed by atoms with E-state index in [1.807, 2.05) is 13.8 Å². The summed E-state index contributed by atoms with van der Waals surface area (Å²) in [5, 5.41) is 10.7. The molecular weight excluding hydrogens is 535 g/mol. The number of nitrogens with zero attached hydrogens (tertiary/aromatic N) is 3. The first-order valence-electron chi connectivity index (χ1n) is 12.6. The third kappa shape index (κ3) is 6.84. The van der Waals surface area contributed by atoms with Crippen molar-refractivity contribution in [3.63, 3.8) is 0 Å². The van der Waals surface area contributed by atoms with E-state index in [0.717, 1.165) is 11.0 Å². The Kier molecular flexibility index (Phi) is 8.03. The predicted molar refractivity (Wildman–Crippen MR) is 141 cm³/mol. The molecule has 2 N–H and O–H groups in total. The van der Waals surface area contributed by atoms with E-state index in [0.29, 0.717) is 4.31 Å². The number of anilines is 2. The second-order valence-electron chi connectivity index (χ2n) is 12.1. The predicted octanol–water partition coefficient (Wildman–Crippen LogP) is 3.27. The molecular formula is C25H37FN4O8S. The normalized spacial score (nSPS) is 18.7. The molecule has 0 saturated carbocycles. The topological polar surface area (TPSA) is 146 Å². The fraction of sp³-hybridized carbons (Fsp3) is 0.640. The number of phenolic OH excluding ortho intramolecular Hbond substituents is 1. The first kappa shape index (κ1) is 30.3. The van der Waals surface area contributed by atoms with Gasteiger partial charge in [0, 0.05) is 31.1 Å². The van der Waals surface area contributed by atoms with Gasteiger partial charge in [0.1, 0.15) is 29.2 Å². The third-order valence-corrected chi connectivity index (χ3v) is 7.07. The minimum absolute atomic E-state index is 0.0300. The Bertz CT molecular complexity index is 1270. The molecule has 3 amide bonds. The molecule has 1 aromatic rings. The average Bonchev–Trinajstić information content (AvgIpc) is 3.20. The Hall–Kier alpha value is -3.29. The van der Waals surface area contributed by atoms with Crippen molar-refractivity contribution in [1.29, 1.82) is 0 Å². The van der Waals surface area contributed by atoms with Gasteiger partial charge in [-0.25, -0.2) is 23.0 Å². The molecule has 39 heavy (non-hydrogen) atoms. The summed E-state index contributed by atoms with van der Waals surface area (Å²) in [6, 6.07) is 0.233. The number of rotatable bonds is 5. The van der Waals surface area contributed by atoms with Crippen molar-refractivity contribution in [2.45, 2.75) is 79.1 Å². The summed E-state index contributed by atoms with van der Waals surface area (Å²) in [4.78, 5) is 40.7. The number of hydrogen-bond donors (Lipinski definition) is 2. The van der Waals surface area contributed by atoms with Crippen LogP contribution in [0.2, 0.25) is 0 Å². The van der Waals surface area contributed by atoms with Crippen molar-refractivity contribution in [3.05, 3.63) is 17.4 Å². The zero-order valence-corrected chi connectivity index (χ0v) is 24.3. The van der Waals surface area contributed by atoms with Crippen molar-refractivity contribution < 1.29 is 41.8 Å². The summed E-state index contributed by atoms with van der Waals surface area (Å²) in [7, 11) is -4.42. The highest BCUT2D eigenvalue weighted by molar-refractivity contribution is 7.92. The van der Waals surface area contributed by atoms with Crippen molar-refractivity contribution in [2.24, 2.45) is 5.92 Å². The summed E-state index contributed by atoms with van der Waals surface area (Å²) in [5.74, 6) is -2.74. The molecule has 2 aliphatic rings. The van der Waals surface area contributed by atoms with Crippen molar-refractivity contribution in [2.75, 3.05) is 28.8 Å². The lowest BCUT2D eigenvalue weighted by Gasteiger charge is -2.34. The Morgan fingerprint density at radius 1 is 1.18 bits per heavy atom. The van der Waals surface area contributed by atoms with Gasteiger partial charge in [-0.1, -0.05) is 13.8 Å². The van der Waals surface area contributed by atoms with Gasteiger partial charge in [-0.3, -0.25) is 9.69 Å². The van der Waals surface area contributed by atoms with Crippen molar-refractivity contribution >= 4 is 39.7 Å². The molecule has 1 saturated heterocycles. The summed E-state index contributed by atoms with van der Waals surface area (Å²) >= 11 is 0. The van der Waals surface area contributed by atoms with Crippen LogP contribution in [0.4, 0.5) is 25.4 Å². The molecule has 0 aromatic heterocycles. The van der Waals surface area contributed by atoms with E-state index < -0.39 is 69.3 Å². The Morgan fingerprint density at radius 3 is 2.26 bits per heavy atom. The van der Waals surface area contributed by atoms with E-state index in [-0.39, 0.29) is 36.7 Å². The van der Waals surface area contributed by atoms with Gasteiger partial charge in [0.25, 0.3) is 5.91 Å². The second kappa shape index (κ2) is 10.4. The van der Waals surface area contributed by atoms with E-state index in [2.05, 4.69) is 0 Å². The van der Waals surface area contributed by atoms with Crippen LogP contribution in [0.25, 0.3) is 0 Å². The van der Waals surface area contributed by atoms with Crippen LogP contribution in [0.1, 0.15) is 61.0 Å². The van der Waals surface area contributed by atoms with Crippen LogP contribution < -0.4 is 13.9 Å². The van der Waals surface area contributed by atoms with Crippen LogP contribution in [0, 0.1) is 11.7 Å². The number of aromatic hydroxyl groups is 1. The lowest BCUT2D eigenvalue weighted by atomic mass is 10.1. The zero-order chi connectivity index (χ0) is 29.7. The molecule has 14 heteroatoms. The van der Waals surface area contributed by atoms with Gasteiger partial charge in [-0.15, -0.1) is 0 Å². The van der Waals surface area contributed by atoms with E-state index in [1.54, 1.807) is 46.3 Å². The molecule has 1 atom stereocenters. The largest absolute Gasteiger partial charge is 0.506 e. The van der Waals surface area contributed by atoms with Crippen LogP contribution in [0.15, 0.2) is 6.07 Å². The number of amides is 3. The molecule has 1 aromatic carbocycles. The van der Waals surface area contributed by atoms with Crippen molar-refractivity contribution in [3.8, 4) is 5.75 Å². The second-order valence-corrected chi connectivity index (χ2v) is 13.7. The van der Waals surface area contributed by atoms with Crippen LogP contribution in [0.3, 0.4) is 0 Å².